The molecule has 1 heterocycles. The topological polar surface area (TPSA) is 15.3 Å². The highest BCUT2D eigenvalue weighted by Crippen LogP contribution is 2.26. The molecule has 3 heteroatoms. The maximum Gasteiger partial charge on any atom is 0.0325 e. The summed E-state index contributed by atoms with van der Waals surface area (Å²) in [4.78, 5) is 5.53. The Labute approximate surface area is 121 Å². The van der Waals surface area contributed by atoms with Crippen LogP contribution >= 0.6 is 11.3 Å². The van der Waals surface area contributed by atoms with Gasteiger partial charge in [-0.05, 0) is 50.8 Å². The molecule has 19 heavy (non-hydrogen) atoms. The Morgan fingerprint density at radius 1 is 1.16 bits per heavy atom. The van der Waals surface area contributed by atoms with Gasteiger partial charge in [0.25, 0.3) is 0 Å². The summed E-state index contributed by atoms with van der Waals surface area (Å²) >= 11 is 1.98. The van der Waals surface area contributed by atoms with Crippen LogP contribution in [0.3, 0.4) is 0 Å². The maximum absolute atomic E-state index is 3.60. The summed E-state index contributed by atoms with van der Waals surface area (Å²) in [6.07, 6.45) is 8.56. The van der Waals surface area contributed by atoms with Crippen LogP contribution in [-0.4, -0.2) is 24.5 Å². The fourth-order valence-electron chi connectivity index (χ4n) is 3.10. The summed E-state index contributed by atoms with van der Waals surface area (Å²) in [5, 5.41) is 3.60. The molecule has 2 nitrogen and oxygen atoms in total. The van der Waals surface area contributed by atoms with Crippen LogP contribution in [0, 0.1) is 5.92 Å². The van der Waals surface area contributed by atoms with Crippen LogP contribution in [0.25, 0.3) is 0 Å². The first-order valence-corrected chi connectivity index (χ1v) is 8.61. The normalized spacial score (nSPS) is 20.5. The van der Waals surface area contributed by atoms with Crippen molar-refractivity contribution in [1.82, 2.24) is 10.2 Å². The van der Waals surface area contributed by atoms with Crippen molar-refractivity contribution in [3.05, 3.63) is 21.9 Å². The number of thiophene rings is 1. The molecular formula is C16H26N2S. The van der Waals surface area contributed by atoms with Crippen molar-refractivity contribution in [2.75, 3.05) is 13.6 Å². The van der Waals surface area contributed by atoms with Crippen LogP contribution in [0.2, 0.25) is 0 Å². The van der Waals surface area contributed by atoms with E-state index in [9.17, 15) is 0 Å². The molecular weight excluding hydrogens is 252 g/mol. The molecule has 0 atom stereocenters. The zero-order valence-corrected chi connectivity index (χ0v) is 12.8. The summed E-state index contributed by atoms with van der Waals surface area (Å²) in [5.74, 6) is 0.959. The van der Waals surface area contributed by atoms with Crippen LogP contribution in [0.15, 0.2) is 12.1 Å². The predicted octanol–water partition coefficient (Wildman–Crippen LogP) is 3.62. The minimum atomic E-state index is 0.815. The van der Waals surface area contributed by atoms with Gasteiger partial charge in [-0.3, -0.25) is 0 Å². The number of hydrogen-bond donors (Lipinski definition) is 1. The first-order valence-electron chi connectivity index (χ1n) is 7.79. The van der Waals surface area contributed by atoms with Gasteiger partial charge in [-0.25, -0.2) is 0 Å². The van der Waals surface area contributed by atoms with Crippen molar-refractivity contribution >= 4 is 11.3 Å². The number of nitrogens with zero attached hydrogens (tertiary/aromatic N) is 1. The molecule has 1 N–H and O–H groups in total. The molecule has 1 aromatic heterocycles. The van der Waals surface area contributed by atoms with Crippen molar-refractivity contribution in [1.29, 1.82) is 0 Å². The molecule has 0 unspecified atom stereocenters. The first-order chi connectivity index (χ1) is 9.29. The SMILES string of the molecule is CN(Cc1ccc(CNC2CC2)s1)CC1CCCC1. The number of nitrogens with one attached hydrogen (secondary N) is 1. The van der Waals surface area contributed by atoms with Crippen LogP contribution in [0.5, 0.6) is 0 Å². The molecule has 0 amide bonds. The Morgan fingerprint density at radius 2 is 1.89 bits per heavy atom. The van der Waals surface area contributed by atoms with Gasteiger partial charge in [0.05, 0.1) is 0 Å². The Balaban J connectivity index is 1.42. The zero-order valence-electron chi connectivity index (χ0n) is 12.0. The van der Waals surface area contributed by atoms with Crippen molar-refractivity contribution < 1.29 is 0 Å². The molecule has 0 spiro atoms. The molecule has 0 bridgehead atoms. The van der Waals surface area contributed by atoms with E-state index < -0.39 is 0 Å². The highest BCUT2D eigenvalue weighted by Gasteiger charge is 2.20. The lowest BCUT2D eigenvalue weighted by molar-refractivity contribution is 0.273. The quantitative estimate of drug-likeness (QED) is 0.819. The molecule has 2 saturated carbocycles. The van der Waals surface area contributed by atoms with Gasteiger partial charge in [0.2, 0.25) is 0 Å². The highest BCUT2D eigenvalue weighted by molar-refractivity contribution is 7.11. The standard InChI is InChI=1S/C16H26N2S/c1-18(11-13-4-2-3-5-13)12-16-9-8-15(19-16)10-17-14-6-7-14/h8-9,13-14,17H,2-7,10-12H2,1H3. The van der Waals surface area contributed by atoms with Gasteiger partial charge in [0, 0.05) is 35.4 Å². The van der Waals surface area contributed by atoms with Crippen LogP contribution in [0.4, 0.5) is 0 Å². The molecule has 2 aliphatic carbocycles. The van der Waals surface area contributed by atoms with Gasteiger partial charge in [0.15, 0.2) is 0 Å². The van der Waals surface area contributed by atoms with E-state index in [0.717, 1.165) is 25.0 Å². The summed E-state index contributed by atoms with van der Waals surface area (Å²) in [6.45, 7) is 3.49. The summed E-state index contributed by atoms with van der Waals surface area (Å²) in [5.41, 5.74) is 0. The number of rotatable bonds is 7. The Kier molecular flexibility index (Phi) is 4.57. The van der Waals surface area contributed by atoms with E-state index in [-0.39, 0.29) is 0 Å². The molecule has 0 aromatic carbocycles. The van der Waals surface area contributed by atoms with Gasteiger partial charge >= 0.3 is 0 Å². The van der Waals surface area contributed by atoms with Gasteiger partial charge in [-0.1, -0.05) is 12.8 Å². The third-order valence-electron chi connectivity index (χ3n) is 4.33. The lowest BCUT2D eigenvalue weighted by atomic mass is 10.1. The van der Waals surface area contributed by atoms with E-state index in [1.54, 1.807) is 0 Å². The minimum Gasteiger partial charge on any atom is -0.309 e. The maximum atomic E-state index is 3.60. The molecule has 1 aromatic rings. The van der Waals surface area contributed by atoms with E-state index in [0.29, 0.717) is 0 Å². The molecule has 3 rings (SSSR count). The fraction of sp³-hybridized carbons (Fsp3) is 0.750. The third kappa shape index (κ3) is 4.30. The first kappa shape index (κ1) is 13.6. The van der Waals surface area contributed by atoms with E-state index in [4.69, 9.17) is 0 Å². The second-order valence-corrected chi connectivity index (χ2v) is 7.62. The lowest BCUT2D eigenvalue weighted by Crippen LogP contribution is -2.23. The van der Waals surface area contributed by atoms with Gasteiger partial charge in [0.1, 0.15) is 0 Å². The van der Waals surface area contributed by atoms with E-state index in [1.165, 1.54) is 54.8 Å². The predicted molar refractivity (Wildman–Crippen MR) is 82.5 cm³/mol. The van der Waals surface area contributed by atoms with Crippen molar-refractivity contribution in [3.63, 3.8) is 0 Å². The largest absolute Gasteiger partial charge is 0.309 e. The fourth-order valence-corrected chi connectivity index (χ4v) is 4.15. The Bertz CT molecular complexity index is 391. The second kappa shape index (κ2) is 6.38. The van der Waals surface area contributed by atoms with Crippen LogP contribution < -0.4 is 5.32 Å². The van der Waals surface area contributed by atoms with Crippen molar-refractivity contribution in [3.8, 4) is 0 Å². The molecule has 0 aliphatic heterocycles. The minimum absolute atomic E-state index is 0.815. The van der Waals surface area contributed by atoms with Crippen LogP contribution in [0.1, 0.15) is 48.3 Å². The molecule has 2 aliphatic rings. The van der Waals surface area contributed by atoms with Crippen molar-refractivity contribution in [2.24, 2.45) is 5.92 Å². The lowest BCUT2D eigenvalue weighted by Gasteiger charge is -2.19. The monoisotopic (exact) mass is 278 g/mol. The third-order valence-corrected chi connectivity index (χ3v) is 5.40. The second-order valence-electron chi connectivity index (χ2n) is 6.37. The summed E-state index contributed by atoms with van der Waals surface area (Å²) < 4.78 is 0. The van der Waals surface area contributed by atoms with E-state index in [1.807, 2.05) is 11.3 Å². The molecule has 0 saturated heterocycles. The molecule has 0 radical (unpaired) electrons. The molecule has 2 fully saturated rings. The molecule has 106 valence electrons. The van der Waals surface area contributed by atoms with Crippen molar-refractivity contribution in [2.45, 2.75) is 57.7 Å². The average Bonchev–Trinajstić information content (AvgIpc) is 2.88. The Hall–Kier alpha value is -0.380. The summed E-state index contributed by atoms with van der Waals surface area (Å²) in [6, 6.07) is 5.44. The van der Waals surface area contributed by atoms with Crippen LogP contribution in [-0.2, 0) is 13.1 Å². The van der Waals surface area contributed by atoms with Gasteiger partial charge < -0.3 is 10.2 Å². The average molecular weight is 278 g/mol. The zero-order chi connectivity index (χ0) is 13.1. The smallest absolute Gasteiger partial charge is 0.0325 e. The number of hydrogen-bond acceptors (Lipinski definition) is 3. The summed E-state index contributed by atoms with van der Waals surface area (Å²) in [7, 11) is 2.28. The highest BCUT2D eigenvalue weighted by atomic mass is 32.1. The Morgan fingerprint density at radius 3 is 2.63 bits per heavy atom. The van der Waals surface area contributed by atoms with E-state index >= 15 is 0 Å². The van der Waals surface area contributed by atoms with Gasteiger partial charge in [-0.2, -0.15) is 0 Å². The van der Waals surface area contributed by atoms with E-state index in [2.05, 4.69) is 29.4 Å². The van der Waals surface area contributed by atoms with Gasteiger partial charge in [-0.15, -0.1) is 11.3 Å².